The molecular weight excluding hydrogens is 350 g/mol. The Bertz CT molecular complexity index is 857. The zero-order chi connectivity index (χ0) is 18.0. The van der Waals surface area contributed by atoms with Crippen molar-refractivity contribution >= 4 is 33.5 Å². The molecule has 0 spiro atoms. The molecule has 0 radical (unpaired) electrons. The lowest BCUT2D eigenvalue weighted by Gasteiger charge is -2.33. The van der Waals surface area contributed by atoms with Crippen LogP contribution < -0.4 is 16.0 Å². The van der Waals surface area contributed by atoms with Gasteiger partial charge in [0.15, 0.2) is 0 Å². The van der Waals surface area contributed by atoms with Crippen LogP contribution in [0.25, 0.3) is 0 Å². The molecule has 0 unspecified atom stereocenters. The number of nitrogens with zero attached hydrogens (tertiary/aromatic N) is 5. The SMILES string of the molecule is CS(=O)(=O)N1CCN(c2ccc(NC(=O)c3nnc(N)o3)cn2)CC1. The number of nitrogen functional groups attached to an aromatic ring is 1. The number of nitrogens with one attached hydrogen (secondary N) is 1. The van der Waals surface area contributed by atoms with Crippen molar-refractivity contribution in [1.82, 2.24) is 19.5 Å². The number of nitrogens with two attached hydrogens (primary N) is 1. The molecule has 3 N–H and O–H groups in total. The maximum Gasteiger partial charge on any atom is 0.313 e. The third-order valence-electron chi connectivity index (χ3n) is 3.67. The van der Waals surface area contributed by atoms with E-state index in [1.807, 2.05) is 4.90 Å². The molecule has 2 aromatic heterocycles. The Balaban J connectivity index is 1.60. The van der Waals surface area contributed by atoms with Gasteiger partial charge >= 0.3 is 17.8 Å². The van der Waals surface area contributed by atoms with Crippen LogP contribution in [0.2, 0.25) is 0 Å². The van der Waals surface area contributed by atoms with E-state index in [4.69, 9.17) is 10.2 Å². The number of anilines is 3. The van der Waals surface area contributed by atoms with E-state index >= 15 is 0 Å². The summed E-state index contributed by atoms with van der Waals surface area (Å²) < 4.78 is 29.3. The van der Waals surface area contributed by atoms with Gasteiger partial charge in [-0.2, -0.15) is 4.31 Å². The van der Waals surface area contributed by atoms with E-state index in [2.05, 4.69) is 20.5 Å². The predicted octanol–water partition coefficient (Wildman–Crippen LogP) is -0.619. The molecule has 1 fully saturated rings. The molecule has 11 nitrogen and oxygen atoms in total. The number of carbonyl (C=O) groups is 1. The highest BCUT2D eigenvalue weighted by Gasteiger charge is 2.24. The minimum absolute atomic E-state index is 0.188. The van der Waals surface area contributed by atoms with Gasteiger partial charge in [0.1, 0.15) is 5.82 Å². The number of rotatable bonds is 4. The van der Waals surface area contributed by atoms with Crippen LogP contribution in [0.5, 0.6) is 0 Å². The van der Waals surface area contributed by atoms with Crippen molar-refractivity contribution < 1.29 is 17.6 Å². The summed E-state index contributed by atoms with van der Waals surface area (Å²) in [4.78, 5) is 18.2. The molecule has 3 rings (SSSR count). The number of aromatic nitrogens is 3. The Morgan fingerprint density at radius 2 is 1.96 bits per heavy atom. The van der Waals surface area contributed by atoms with Gasteiger partial charge in [-0.15, -0.1) is 5.10 Å². The molecule has 0 aliphatic carbocycles. The summed E-state index contributed by atoms with van der Waals surface area (Å²) in [5.74, 6) is -0.118. The third kappa shape index (κ3) is 4.03. The molecule has 0 aromatic carbocycles. The zero-order valence-electron chi connectivity index (χ0n) is 13.4. The summed E-state index contributed by atoms with van der Waals surface area (Å²) in [6.07, 6.45) is 2.70. The highest BCUT2D eigenvalue weighted by molar-refractivity contribution is 7.88. The number of amides is 1. The molecule has 1 saturated heterocycles. The normalized spacial score (nSPS) is 16.0. The van der Waals surface area contributed by atoms with Crippen LogP contribution >= 0.6 is 0 Å². The van der Waals surface area contributed by atoms with Crippen LogP contribution in [0.1, 0.15) is 10.7 Å². The van der Waals surface area contributed by atoms with Gasteiger partial charge in [-0.1, -0.05) is 5.10 Å². The van der Waals surface area contributed by atoms with E-state index in [9.17, 15) is 13.2 Å². The summed E-state index contributed by atoms with van der Waals surface area (Å²) in [5, 5.41) is 9.47. The summed E-state index contributed by atoms with van der Waals surface area (Å²) in [6.45, 7) is 1.93. The largest absolute Gasteiger partial charge is 0.399 e. The van der Waals surface area contributed by atoms with Crippen molar-refractivity contribution in [2.45, 2.75) is 0 Å². The van der Waals surface area contributed by atoms with Gasteiger partial charge in [0.2, 0.25) is 10.0 Å². The first kappa shape index (κ1) is 17.1. The van der Waals surface area contributed by atoms with E-state index in [1.54, 1.807) is 12.1 Å². The summed E-state index contributed by atoms with van der Waals surface area (Å²) >= 11 is 0. The maximum absolute atomic E-state index is 11.9. The van der Waals surface area contributed by atoms with Crippen LogP contribution in [-0.4, -0.2) is 66.2 Å². The fraction of sp³-hybridized carbons (Fsp3) is 0.385. The second-order valence-corrected chi connectivity index (χ2v) is 7.44. The average molecular weight is 367 g/mol. The second kappa shape index (κ2) is 6.64. The van der Waals surface area contributed by atoms with E-state index in [1.165, 1.54) is 16.8 Å². The first-order chi connectivity index (χ1) is 11.8. The van der Waals surface area contributed by atoms with E-state index in [0.29, 0.717) is 37.7 Å². The minimum atomic E-state index is -3.17. The quantitative estimate of drug-likeness (QED) is 0.721. The number of hydrogen-bond acceptors (Lipinski definition) is 9. The summed E-state index contributed by atoms with van der Waals surface area (Å²) in [7, 11) is -3.17. The van der Waals surface area contributed by atoms with Crippen LogP contribution in [0.4, 0.5) is 17.5 Å². The van der Waals surface area contributed by atoms with Crippen LogP contribution in [0.3, 0.4) is 0 Å². The Morgan fingerprint density at radius 3 is 2.48 bits per heavy atom. The standard InChI is InChI=1S/C13H17N7O4S/c1-25(22,23)20-6-4-19(5-7-20)10-3-2-9(8-15-10)16-11(21)12-17-18-13(14)24-12/h2-3,8H,4-7H2,1H3,(H2,14,18)(H,16,21). The van der Waals surface area contributed by atoms with E-state index in [-0.39, 0.29) is 11.9 Å². The van der Waals surface area contributed by atoms with Crippen molar-refractivity contribution in [2.75, 3.05) is 48.4 Å². The highest BCUT2D eigenvalue weighted by atomic mass is 32.2. The number of sulfonamides is 1. The lowest BCUT2D eigenvalue weighted by Crippen LogP contribution is -2.48. The molecule has 25 heavy (non-hydrogen) atoms. The minimum Gasteiger partial charge on any atom is -0.399 e. The molecule has 0 bridgehead atoms. The number of piperazine rings is 1. The van der Waals surface area contributed by atoms with Gasteiger partial charge in [-0.05, 0) is 12.1 Å². The Kier molecular flexibility index (Phi) is 4.55. The fourth-order valence-corrected chi connectivity index (χ4v) is 3.23. The fourth-order valence-electron chi connectivity index (χ4n) is 2.41. The van der Waals surface area contributed by atoms with Crippen molar-refractivity contribution in [3.63, 3.8) is 0 Å². The van der Waals surface area contributed by atoms with Gasteiger partial charge in [-0.25, -0.2) is 13.4 Å². The van der Waals surface area contributed by atoms with Gasteiger partial charge < -0.3 is 20.4 Å². The molecule has 12 heteroatoms. The molecule has 3 heterocycles. The molecule has 0 atom stereocenters. The van der Waals surface area contributed by atoms with E-state index < -0.39 is 15.9 Å². The molecular formula is C13H17N7O4S. The lowest BCUT2D eigenvalue weighted by atomic mass is 10.3. The predicted molar refractivity (Wildman–Crippen MR) is 89.5 cm³/mol. The molecule has 2 aromatic rings. The van der Waals surface area contributed by atoms with Gasteiger partial charge in [0.05, 0.1) is 18.1 Å². The van der Waals surface area contributed by atoms with Crippen LogP contribution in [-0.2, 0) is 10.0 Å². The topological polar surface area (TPSA) is 148 Å². The molecule has 1 aliphatic rings. The van der Waals surface area contributed by atoms with Crippen LogP contribution in [0, 0.1) is 0 Å². The van der Waals surface area contributed by atoms with Crippen molar-refractivity contribution in [1.29, 1.82) is 0 Å². The van der Waals surface area contributed by atoms with Crippen LogP contribution in [0.15, 0.2) is 22.7 Å². The van der Waals surface area contributed by atoms with Crippen molar-refractivity contribution in [3.05, 3.63) is 24.2 Å². The van der Waals surface area contributed by atoms with Crippen molar-refractivity contribution in [2.24, 2.45) is 0 Å². The third-order valence-corrected chi connectivity index (χ3v) is 4.98. The average Bonchev–Trinajstić information content (AvgIpc) is 3.02. The van der Waals surface area contributed by atoms with E-state index in [0.717, 1.165) is 0 Å². The first-order valence-corrected chi connectivity index (χ1v) is 9.24. The van der Waals surface area contributed by atoms with Gasteiger partial charge in [0, 0.05) is 26.2 Å². The molecule has 1 aliphatic heterocycles. The lowest BCUT2D eigenvalue weighted by molar-refractivity contribution is 0.0991. The zero-order valence-corrected chi connectivity index (χ0v) is 14.2. The molecule has 1 amide bonds. The molecule has 134 valence electrons. The van der Waals surface area contributed by atoms with Crippen molar-refractivity contribution in [3.8, 4) is 0 Å². The number of carbonyl (C=O) groups excluding carboxylic acids is 1. The second-order valence-electron chi connectivity index (χ2n) is 5.45. The Hall–Kier alpha value is -2.73. The maximum atomic E-state index is 11.9. The van der Waals surface area contributed by atoms with Gasteiger partial charge in [-0.3, -0.25) is 4.79 Å². The Morgan fingerprint density at radius 1 is 1.24 bits per heavy atom. The monoisotopic (exact) mass is 367 g/mol. The molecule has 0 saturated carbocycles. The summed E-state index contributed by atoms with van der Waals surface area (Å²) in [5.41, 5.74) is 5.73. The Labute approximate surface area is 143 Å². The smallest absolute Gasteiger partial charge is 0.313 e. The van der Waals surface area contributed by atoms with Gasteiger partial charge in [0.25, 0.3) is 0 Å². The first-order valence-electron chi connectivity index (χ1n) is 7.39. The number of hydrogen-bond donors (Lipinski definition) is 2. The summed E-state index contributed by atoms with van der Waals surface area (Å²) in [6, 6.07) is 3.24. The highest BCUT2D eigenvalue weighted by Crippen LogP contribution is 2.17. The number of pyridine rings is 1.